The lowest BCUT2D eigenvalue weighted by atomic mass is 9.57. The zero-order chi connectivity index (χ0) is 11.9. The Morgan fingerprint density at radius 2 is 2.06 bits per heavy atom. The second-order valence-electron chi connectivity index (χ2n) is 6.42. The predicted molar refractivity (Wildman–Crippen MR) is 68.2 cm³/mol. The number of allylic oxidation sites excluding steroid dienone is 1. The highest BCUT2D eigenvalue weighted by Gasteiger charge is 2.49. The summed E-state index contributed by atoms with van der Waals surface area (Å²) < 4.78 is 0. The van der Waals surface area contributed by atoms with E-state index in [1.54, 1.807) is 0 Å². The smallest absolute Gasteiger partial charge is 0.0741 e. The summed E-state index contributed by atoms with van der Waals surface area (Å²) in [6, 6.07) is 0. The fraction of sp³-hybridized carbons (Fsp3) is 0.867. The van der Waals surface area contributed by atoms with E-state index in [1.165, 1.54) is 18.4 Å². The molecule has 4 atom stereocenters. The van der Waals surface area contributed by atoms with E-state index >= 15 is 0 Å². The van der Waals surface area contributed by atoms with Crippen molar-refractivity contribution in [3.63, 3.8) is 0 Å². The van der Waals surface area contributed by atoms with Gasteiger partial charge in [-0.2, -0.15) is 0 Å². The first-order valence-corrected chi connectivity index (χ1v) is 6.85. The Morgan fingerprint density at radius 1 is 1.38 bits per heavy atom. The van der Waals surface area contributed by atoms with Crippen molar-refractivity contribution in [2.45, 2.75) is 59.0 Å². The van der Waals surface area contributed by atoms with Crippen LogP contribution in [0.5, 0.6) is 0 Å². The number of hydrogen-bond donors (Lipinski definition) is 1. The molecule has 0 radical (unpaired) electrons. The average Bonchev–Trinajstić information content (AvgIpc) is 2.21. The van der Waals surface area contributed by atoms with Gasteiger partial charge in [-0.15, -0.1) is 0 Å². The molecule has 16 heavy (non-hydrogen) atoms. The Kier molecular flexibility index (Phi) is 3.18. The van der Waals surface area contributed by atoms with Gasteiger partial charge in [-0.05, 0) is 50.4 Å². The maximum Gasteiger partial charge on any atom is 0.0741 e. The molecule has 0 spiro atoms. The van der Waals surface area contributed by atoms with Gasteiger partial charge in [-0.1, -0.05) is 32.4 Å². The molecule has 1 saturated carbocycles. The lowest BCUT2D eigenvalue weighted by molar-refractivity contribution is -0.111. The summed E-state index contributed by atoms with van der Waals surface area (Å²) in [5.74, 6) is 2.24. The topological polar surface area (TPSA) is 20.2 Å². The number of rotatable bonds is 1. The number of hydrogen-bond acceptors (Lipinski definition) is 1. The lowest BCUT2D eigenvalue weighted by Gasteiger charge is -2.51. The van der Waals surface area contributed by atoms with E-state index in [0.717, 1.165) is 12.8 Å². The van der Waals surface area contributed by atoms with Crippen LogP contribution in [0.2, 0.25) is 0 Å². The predicted octanol–water partition coefficient (Wildman–Crippen LogP) is 3.78. The second kappa shape index (κ2) is 4.18. The van der Waals surface area contributed by atoms with Crippen LogP contribution < -0.4 is 0 Å². The largest absolute Gasteiger partial charge is 0.389 e. The van der Waals surface area contributed by atoms with Gasteiger partial charge in [0.25, 0.3) is 0 Å². The lowest BCUT2D eigenvalue weighted by Crippen LogP contribution is -2.52. The minimum absolute atomic E-state index is 0.407. The third kappa shape index (κ3) is 1.84. The molecule has 0 amide bonds. The first kappa shape index (κ1) is 12.2. The van der Waals surface area contributed by atoms with E-state index in [2.05, 4.69) is 33.8 Å². The summed E-state index contributed by atoms with van der Waals surface area (Å²) in [4.78, 5) is 0. The van der Waals surface area contributed by atoms with Gasteiger partial charge in [-0.3, -0.25) is 0 Å². The monoisotopic (exact) mass is 222 g/mol. The number of fused-ring (bicyclic) bond motifs is 1. The van der Waals surface area contributed by atoms with Crippen LogP contribution in [0, 0.1) is 23.7 Å². The van der Waals surface area contributed by atoms with Crippen molar-refractivity contribution in [3.8, 4) is 0 Å². The normalized spacial score (nSPS) is 44.1. The third-order valence-electron chi connectivity index (χ3n) is 5.07. The summed E-state index contributed by atoms with van der Waals surface area (Å²) in [5, 5.41) is 11.0. The van der Waals surface area contributed by atoms with E-state index in [0.29, 0.717) is 23.7 Å². The van der Waals surface area contributed by atoms with Crippen LogP contribution in [0.15, 0.2) is 11.6 Å². The van der Waals surface area contributed by atoms with Crippen molar-refractivity contribution in [3.05, 3.63) is 11.6 Å². The summed E-state index contributed by atoms with van der Waals surface area (Å²) in [7, 11) is 0. The molecule has 1 N–H and O–H groups in total. The third-order valence-corrected chi connectivity index (χ3v) is 5.07. The summed E-state index contributed by atoms with van der Waals surface area (Å²) in [6.07, 6.45) is 6.93. The summed E-state index contributed by atoms with van der Waals surface area (Å²) in [5.41, 5.74) is 1.07. The molecule has 0 saturated heterocycles. The van der Waals surface area contributed by atoms with Crippen LogP contribution in [-0.4, -0.2) is 10.7 Å². The van der Waals surface area contributed by atoms with Crippen molar-refractivity contribution in [2.24, 2.45) is 23.7 Å². The summed E-state index contributed by atoms with van der Waals surface area (Å²) >= 11 is 0. The molecule has 0 unspecified atom stereocenters. The van der Waals surface area contributed by atoms with Crippen LogP contribution in [0.4, 0.5) is 0 Å². The van der Waals surface area contributed by atoms with E-state index in [1.807, 2.05) is 0 Å². The molecule has 1 nitrogen and oxygen atoms in total. The van der Waals surface area contributed by atoms with Gasteiger partial charge in [0.15, 0.2) is 0 Å². The van der Waals surface area contributed by atoms with E-state index in [-0.39, 0.29) is 0 Å². The van der Waals surface area contributed by atoms with Gasteiger partial charge < -0.3 is 5.11 Å². The first-order chi connectivity index (χ1) is 7.45. The molecule has 0 aromatic carbocycles. The summed E-state index contributed by atoms with van der Waals surface area (Å²) in [6.45, 7) is 9.06. The van der Waals surface area contributed by atoms with Gasteiger partial charge in [0, 0.05) is 5.92 Å². The zero-order valence-corrected chi connectivity index (χ0v) is 11.2. The SMILES string of the molecule is CC1=C[C@H]2[C@@H](C(C)C)CC[C@@H](C)[C@@]2(O)CC1. The Hall–Kier alpha value is -0.300. The Labute approximate surface area is 99.9 Å². The van der Waals surface area contributed by atoms with Gasteiger partial charge in [0.2, 0.25) is 0 Å². The molecule has 0 aromatic rings. The standard InChI is InChI=1S/C15H26O/c1-10(2)13-6-5-12(4)15(16)8-7-11(3)9-14(13)15/h9-10,12-14,16H,5-8H2,1-4H3/t12-,13-,14+,15+/m1/s1. The fourth-order valence-corrected chi connectivity index (χ4v) is 3.79. The van der Waals surface area contributed by atoms with Gasteiger partial charge in [-0.25, -0.2) is 0 Å². The van der Waals surface area contributed by atoms with Crippen molar-refractivity contribution in [1.82, 2.24) is 0 Å². The van der Waals surface area contributed by atoms with Crippen LogP contribution in [-0.2, 0) is 0 Å². The van der Waals surface area contributed by atoms with Gasteiger partial charge >= 0.3 is 0 Å². The van der Waals surface area contributed by atoms with Gasteiger partial charge in [0.1, 0.15) is 0 Å². The molecule has 0 aliphatic heterocycles. The van der Waals surface area contributed by atoms with E-state index in [9.17, 15) is 5.11 Å². The second-order valence-corrected chi connectivity index (χ2v) is 6.42. The van der Waals surface area contributed by atoms with Crippen LogP contribution in [0.25, 0.3) is 0 Å². The Morgan fingerprint density at radius 3 is 2.69 bits per heavy atom. The maximum atomic E-state index is 11.0. The van der Waals surface area contributed by atoms with Crippen molar-refractivity contribution in [2.75, 3.05) is 0 Å². The highest BCUT2D eigenvalue weighted by atomic mass is 16.3. The van der Waals surface area contributed by atoms with Crippen LogP contribution in [0.1, 0.15) is 53.4 Å². The Bertz CT molecular complexity index is 292. The van der Waals surface area contributed by atoms with Crippen molar-refractivity contribution < 1.29 is 5.11 Å². The molecular formula is C15H26O. The molecule has 2 rings (SSSR count). The van der Waals surface area contributed by atoms with E-state index < -0.39 is 5.60 Å². The molecule has 0 bridgehead atoms. The molecule has 92 valence electrons. The molecule has 2 aliphatic carbocycles. The minimum atomic E-state index is -0.410. The molecule has 0 aromatic heterocycles. The molecule has 1 heteroatoms. The molecule has 1 fully saturated rings. The maximum absolute atomic E-state index is 11.0. The molecular weight excluding hydrogens is 196 g/mol. The average molecular weight is 222 g/mol. The minimum Gasteiger partial charge on any atom is -0.389 e. The first-order valence-electron chi connectivity index (χ1n) is 6.85. The van der Waals surface area contributed by atoms with Crippen LogP contribution in [0.3, 0.4) is 0 Å². The van der Waals surface area contributed by atoms with Crippen molar-refractivity contribution in [1.29, 1.82) is 0 Å². The quantitative estimate of drug-likeness (QED) is 0.669. The highest BCUT2D eigenvalue weighted by molar-refractivity contribution is 5.17. The fourth-order valence-electron chi connectivity index (χ4n) is 3.79. The Balaban J connectivity index is 2.32. The molecule has 2 aliphatic rings. The van der Waals surface area contributed by atoms with E-state index in [4.69, 9.17) is 0 Å². The van der Waals surface area contributed by atoms with Crippen LogP contribution >= 0.6 is 0 Å². The number of aliphatic hydroxyl groups is 1. The van der Waals surface area contributed by atoms with Crippen molar-refractivity contribution >= 4 is 0 Å². The highest BCUT2D eigenvalue weighted by Crippen LogP contribution is 2.50. The molecule has 0 heterocycles. The van der Waals surface area contributed by atoms with Gasteiger partial charge in [0.05, 0.1) is 5.60 Å². The zero-order valence-electron chi connectivity index (χ0n) is 11.2.